The fourth-order valence-corrected chi connectivity index (χ4v) is 2.77. The highest BCUT2D eigenvalue weighted by Crippen LogP contribution is 2.31. The van der Waals surface area contributed by atoms with Gasteiger partial charge in [-0.25, -0.2) is 4.79 Å². The quantitative estimate of drug-likeness (QED) is 0.815. The third kappa shape index (κ3) is 5.56. The molecule has 1 saturated heterocycles. The molecule has 0 aliphatic carbocycles. The van der Waals surface area contributed by atoms with Gasteiger partial charge in [0.15, 0.2) is 0 Å². The van der Waals surface area contributed by atoms with Crippen LogP contribution in [0.25, 0.3) is 0 Å². The number of hydrogen-bond donors (Lipinski definition) is 2. The fourth-order valence-electron chi connectivity index (χ4n) is 2.77. The Morgan fingerprint density at radius 2 is 2.12 bits per heavy atom. The molecule has 0 aromatic rings. The van der Waals surface area contributed by atoms with Gasteiger partial charge in [0.1, 0.15) is 17.6 Å². The van der Waals surface area contributed by atoms with Gasteiger partial charge in [-0.3, -0.25) is 0 Å². The highest BCUT2D eigenvalue weighted by atomic mass is 16.7. The van der Waals surface area contributed by atoms with Crippen LogP contribution in [0.2, 0.25) is 0 Å². The monoisotopic (exact) mass is 343 g/mol. The van der Waals surface area contributed by atoms with E-state index in [4.69, 9.17) is 18.9 Å². The highest BCUT2D eigenvalue weighted by molar-refractivity contribution is 5.68. The maximum atomic E-state index is 12.1. The van der Waals surface area contributed by atoms with Crippen LogP contribution in [-0.2, 0) is 18.9 Å². The Morgan fingerprint density at radius 3 is 2.67 bits per heavy atom. The molecule has 0 radical (unpaired) electrons. The second kappa shape index (κ2) is 7.19. The van der Waals surface area contributed by atoms with Gasteiger partial charge in [0.05, 0.1) is 24.9 Å². The van der Waals surface area contributed by atoms with Crippen LogP contribution in [0.3, 0.4) is 0 Å². The summed E-state index contributed by atoms with van der Waals surface area (Å²) in [4.78, 5) is 12.1. The number of amides is 1. The predicted molar refractivity (Wildman–Crippen MR) is 87.1 cm³/mol. The van der Waals surface area contributed by atoms with Gasteiger partial charge >= 0.3 is 6.09 Å². The Labute approximate surface area is 143 Å². The molecule has 2 aliphatic rings. The van der Waals surface area contributed by atoms with Gasteiger partial charge in [0, 0.05) is 20.3 Å². The maximum absolute atomic E-state index is 12.1. The third-order valence-electron chi connectivity index (χ3n) is 3.77. The predicted octanol–water partition coefficient (Wildman–Crippen LogP) is 2.43. The van der Waals surface area contributed by atoms with E-state index >= 15 is 0 Å². The smallest absolute Gasteiger partial charge is 0.407 e. The highest BCUT2D eigenvalue weighted by Gasteiger charge is 2.36. The summed E-state index contributed by atoms with van der Waals surface area (Å²) in [5.74, 6) is -0.0198. The van der Waals surface area contributed by atoms with Crippen LogP contribution in [0.1, 0.15) is 53.9 Å². The summed E-state index contributed by atoms with van der Waals surface area (Å²) in [5.41, 5.74) is -0.558. The Morgan fingerprint density at radius 1 is 1.42 bits per heavy atom. The minimum Gasteiger partial charge on any atom is -0.457 e. The summed E-state index contributed by atoms with van der Waals surface area (Å²) < 4.78 is 22.4. The molecule has 1 amide bonds. The number of carbonyl (C=O) groups excluding carboxylic acids is 1. The van der Waals surface area contributed by atoms with E-state index in [1.807, 2.05) is 34.6 Å². The van der Waals surface area contributed by atoms with E-state index in [0.717, 1.165) is 0 Å². The van der Waals surface area contributed by atoms with Crippen LogP contribution in [-0.4, -0.2) is 47.4 Å². The number of hydrogen-bond acceptors (Lipinski definition) is 6. The van der Waals surface area contributed by atoms with Crippen molar-refractivity contribution in [2.24, 2.45) is 0 Å². The minimum atomic E-state index is -0.686. The fraction of sp³-hybridized carbons (Fsp3) is 0.824. The first kappa shape index (κ1) is 18.9. The normalized spacial score (nSPS) is 29.2. The van der Waals surface area contributed by atoms with Crippen LogP contribution < -0.4 is 5.32 Å². The van der Waals surface area contributed by atoms with E-state index in [0.29, 0.717) is 25.0 Å². The van der Waals surface area contributed by atoms with Crippen molar-refractivity contribution < 1.29 is 28.8 Å². The molecule has 0 spiro atoms. The first-order valence-electron chi connectivity index (χ1n) is 8.40. The summed E-state index contributed by atoms with van der Waals surface area (Å²) in [7, 11) is 0. The van der Waals surface area contributed by atoms with Crippen molar-refractivity contribution in [3.63, 3.8) is 0 Å². The Bertz CT molecular complexity index is 482. The van der Waals surface area contributed by atoms with Crippen molar-refractivity contribution in [2.75, 3.05) is 6.61 Å². The zero-order valence-corrected chi connectivity index (χ0v) is 15.1. The Kier molecular flexibility index (Phi) is 5.65. The largest absolute Gasteiger partial charge is 0.457 e. The minimum absolute atomic E-state index is 0.0441. The molecule has 3 atom stereocenters. The zero-order valence-electron chi connectivity index (χ0n) is 15.1. The average molecular weight is 343 g/mol. The number of aliphatic hydroxyl groups excluding tert-OH is 1. The SMILES string of the molecule is CC(C)(C)OC(=O)N[C@@H]1CC[C@@H](CO)O[C@@H]1CC1=COC(C)(C)O1. The molecule has 138 valence electrons. The first-order valence-corrected chi connectivity index (χ1v) is 8.40. The van der Waals surface area contributed by atoms with E-state index in [9.17, 15) is 9.90 Å². The van der Waals surface area contributed by atoms with Gasteiger partial charge in [-0.15, -0.1) is 0 Å². The molecule has 0 saturated carbocycles. The molecule has 0 bridgehead atoms. The number of rotatable bonds is 4. The first-order chi connectivity index (χ1) is 11.1. The molecule has 2 heterocycles. The van der Waals surface area contributed by atoms with Crippen molar-refractivity contribution >= 4 is 6.09 Å². The molecular formula is C17H29NO6. The molecule has 7 nitrogen and oxygen atoms in total. The van der Waals surface area contributed by atoms with Gasteiger partial charge < -0.3 is 29.4 Å². The van der Waals surface area contributed by atoms with Gasteiger partial charge in [0.2, 0.25) is 5.79 Å². The molecule has 0 unspecified atom stereocenters. The third-order valence-corrected chi connectivity index (χ3v) is 3.77. The summed E-state index contributed by atoms with van der Waals surface area (Å²) in [6.45, 7) is 9.06. The molecule has 2 aliphatic heterocycles. The summed E-state index contributed by atoms with van der Waals surface area (Å²) in [6, 6.07) is -0.212. The molecule has 2 N–H and O–H groups in total. The van der Waals surface area contributed by atoms with Gasteiger partial charge in [-0.1, -0.05) is 0 Å². The standard InChI is InChI=1S/C17H29NO6/c1-16(2,3)24-15(20)18-13-7-6-11(9-19)22-14(13)8-12-10-21-17(4,5)23-12/h10-11,13-14,19H,6-9H2,1-5H3,(H,18,20)/t11-,13+,14+/m0/s1. The second-order valence-electron chi connectivity index (χ2n) is 7.72. The van der Waals surface area contributed by atoms with E-state index in [2.05, 4.69) is 5.32 Å². The number of carbonyl (C=O) groups is 1. The van der Waals surface area contributed by atoms with Gasteiger partial charge in [0.25, 0.3) is 0 Å². The van der Waals surface area contributed by atoms with E-state index in [1.54, 1.807) is 6.26 Å². The van der Waals surface area contributed by atoms with Gasteiger partial charge in [-0.05, 0) is 33.6 Å². The second-order valence-corrected chi connectivity index (χ2v) is 7.72. The topological polar surface area (TPSA) is 86.3 Å². The lowest BCUT2D eigenvalue weighted by molar-refractivity contribution is -0.127. The van der Waals surface area contributed by atoms with Crippen LogP contribution >= 0.6 is 0 Å². The van der Waals surface area contributed by atoms with Crippen LogP contribution in [0.4, 0.5) is 4.79 Å². The molecule has 0 aromatic carbocycles. The molecule has 2 rings (SSSR count). The number of aliphatic hydroxyl groups is 1. The van der Waals surface area contributed by atoms with E-state index < -0.39 is 17.5 Å². The molecule has 24 heavy (non-hydrogen) atoms. The van der Waals surface area contributed by atoms with Crippen LogP contribution in [0.5, 0.6) is 0 Å². The van der Waals surface area contributed by atoms with Crippen molar-refractivity contribution in [3.05, 3.63) is 12.0 Å². The Hall–Kier alpha value is -1.47. The number of nitrogens with one attached hydrogen (secondary N) is 1. The molecular weight excluding hydrogens is 314 g/mol. The van der Waals surface area contributed by atoms with Crippen molar-refractivity contribution in [2.45, 2.75) is 83.5 Å². The summed E-state index contributed by atoms with van der Waals surface area (Å²) in [5, 5.41) is 12.2. The maximum Gasteiger partial charge on any atom is 0.407 e. The van der Waals surface area contributed by atoms with Crippen molar-refractivity contribution in [3.8, 4) is 0 Å². The molecule has 7 heteroatoms. The zero-order chi connectivity index (χ0) is 18.0. The van der Waals surface area contributed by atoms with Crippen molar-refractivity contribution in [1.82, 2.24) is 5.32 Å². The summed E-state index contributed by atoms with van der Waals surface area (Å²) in [6.07, 6.45) is 2.40. The van der Waals surface area contributed by atoms with E-state index in [1.165, 1.54) is 0 Å². The van der Waals surface area contributed by atoms with E-state index in [-0.39, 0.29) is 24.9 Å². The summed E-state index contributed by atoms with van der Waals surface area (Å²) >= 11 is 0. The Balaban J connectivity index is 1.98. The lowest BCUT2D eigenvalue weighted by Crippen LogP contribution is -2.51. The molecule has 1 fully saturated rings. The lowest BCUT2D eigenvalue weighted by Gasteiger charge is -2.36. The van der Waals surface area contributed by atoms with Crippen LogP contribution in [0, 0.1) is 0 Å². The molecule has 0 aromatic heterocycles. The average Bonchev–Trinajstić information content (AvgIpc) is 2.77. The van der Waals surface area contributed by atoms with Gasteiger partial charge in [-0.2, -0.15) is 0 Å². The van der Waals surface area contributed by atoms with Crippen LogP contribution in [0.15, 0.2) is 12.0 Å². The lowest BCUT2D eigenvalue weighted by atomic mass is 9.96. The number of ether oxygens (including phenoxy) is 4. The number of alkyl carbamates (subject to hydrolysis) is 1. The van der Waals surface area contributed by atoms with Crippen molar-refractivity contribution in [1.29, 1.82) is 0 Å².